The molecular formula is C16H22N6OS2. The van der Waals surface area contributed by atoms with E-state index in [0.29, 0.717) is 11.6 Å². The molecule has 4 heterocycles. The average molecular weight is 379 g/mol. The van der Waals surface area contributed by atoms with Gasteiger partial charge in [-0.3, -0.25) is 4.79 Å². The van der Waals surface area contributed by atoms with Gasteiger partial charge in [-0.15, -0.1) is 11.3 Å². The maximum absolute atomic E-state index is 12.6. The molecule has 0 unspecified atom stereocenters. The third-order valence-corrected chi connectivity index (χ3v) is 6.52. The van der Waals surface area contributed by atoms with Gasteiger partial charge in [0.25, 0.3) is 5.91 Å². The second kappa shape index (κ2) is 7.77. The summed E-state index contributed by atoms with van der Waals surface area (Å²) < 4.78 is 4.26. The van der Waals surface area contributed by atoms with Gasteiger partial charge in [-0.1, -0.05) is 0 Å². The highest BCUT2D eigenvalue weighted by Crippen LogP contribution is 2.32. The Bertz CT molecular complexity index is 718. The lowest BCUT2D eigenvalue weighted by molar-refractivity contribution is 0.102. The standard InChI is InChI=1S/C16H22N6OS2/c23-14(13-10-24-15(21-13)11-1-3-17-4-2-11)20-12-9-19-25-16(12)22-7-5-18-6-8-22/h9-11,17-18H,1-8H2,(H,20,23). The molecule has 0 spiro atoms. The highest BCUT2D eigenvalue weighted by molar-refractivity contribution is 7.11. The van der Waals surface area contributed by atoms with E-state index in [0.717, 1.165) is 67.8 Å². The number of thiazole rings is 1. The largest absolute Gasteiger partial charge is 0.358 e. The number of hydrogen-bond donors (Lipinski definition) is 3. The SMILES string of the molecule is O=C(Nc1cnsc1N1CCNCC1)c1csc(C2CCNCC2)n1. The van der Waals surface area contributed by atoms with Gasteiger partial charge in [-0.2, -0.15) is 4.37 Å². The van der Waals surface area contributed by atoms with Crippen LogP contribution in [0.1, 0.15) is 34.3 Å². The molecule has 7 nitrogen and oxygen atoms in total. The topological polar surface area (TPSA) is 82.2 Å². The van der Waals surface area contributed by atoms with Crippen molar-refractivity contribution in [1.82, 2.24) is 20.0 Å². The second-order valence-electron chi connectivity index (χ2n) is 6.33. The van der Waals surface area contributed by atoms with Crippen LogP contribution in [0.15, 0.2) is 11.6 Å². The lowest BCUT2D eigenvalue weighted by Crippen LogP contribution is -2.43. The Morgan fingerprint density at radius 1 is 1.20 bits per heavy atom. The zero-order valence-electron chi connectivity index (χ0n) is 14.0. The lowest BCUT2D eigenvalue weighted by Gasteiger charge is -2.28. The first-order valence-electron chi connectivity index (χ1n) is 8.69. The van der Waals surface area contributed by atoms with E-state index in [-0.39, 0.29) is 5.91 Å². The molecule has 3 N–H and O–H groups in total. The first-order valence-corrected chi connectivity index (χ1v) is 10.3. The van der Waals surface area contributed by atoms with E-state index in [1.54, 1.807) is 17.5 Å². The number of nitrogens with zero attached hydrogens (tertiary/aromatic N) is 3. The minimum atomic E-state index is -0.145. The predicted octanol–water partition coefficient (Wildman–Crippen LogP) is 1.73. The maximum atomic E-state index is 12.6. The summed E-state index contributed by atoms with van der Waals surface area (Å²) in [6.07, 6.45) is 3.92. The number of anilines is 2. The van der Waals surface area contributed by atoms with Crippen molar-refractivity contribution in [3.63, 3.8) is 0 Å². The van der Waals surface area contributed by atoms with Gasteiger partial charge in [-0.05, 0) is 37.5 Å². The third-order valence-electron chi connectivity index (χ3n) is 4.65. The van der Waals surface area contributed by atoms with Crippen molar-refractivity contribution in [2.24, 2.45) is 0 Å². The van der Waals surface area contributed by atoms with Crippen molar-refractivity contribution >= 4 is 39.5 Å². The summed E-state index contributed by atoms with van der Waals surface area (Å²) in [5.41, 5.74) is 1.30. The van der Waals surface area contributed by atoms with E-state index in [2.05, 4.69) is 30.2 Å². The maximum Gasteiger partial charge on any atom is 0.275 e. The third kappa shape index (κ3) is 3.84. The summed E-state index contributed by atoms with van der Waals surface area (Å²) in [4.78, 5) is 19.5. The molecule has 2 aromatic heterocycles. The molecule has 0 bridgehead atoms. The van der Waals surface area contributed by atoms with Crippen LogP contribution in [0.3, 0.4) is 0 Å². The Balaban J connectivity index is 1.44. The summed E-state index contributed by atoms with van der Waals surface area (Å²) in [6.45, 7) is 5.83. The van der Waals surface area contributed by atoms with E-state index < -0.39 is 0 Å². The molecule has 0 aliphatic carbocycles. The fourth-order valence-corrected chi connectivity index (χ4v) is 4.98. The number of piperazine rings is 1. The molecule has 0 atom stereocenters. The molecule has 0 radical (unpaired) electrons. The molecule has 2 aromatic rings. The molecule has 25 heavy (non-hydrogen) atoms. The van der Waals surface area contributed by atoms with Gasteiger partial charge < -0.3 is 20.9 Å². The monoisotopic (exact) mass is 378 g/mol. The summed E-state index contributed by atoms with van der Waals surface area (Å²) in [7, 11) is 0. The summed E-state index contributed by atoms with van der Waals surface area (Å²) in [6, 6.07) is 0. The van der Waals surface area contributed by atoms with Crippen LogP contribution in [0.2, 0.25) is 0 Å². The quantitative estimate of drug-likeness (QED) is 0.752. The Morgan fingerprint density at radius 2 is 1.96 bits per heavy atom. The predicted molar refractivity (Wildman–Crippen MR) is 102 cm³/mol. The molecule has 0 aromatic carbocycles. The minimum Gasteiger partial charge on any atom is -0.358 e. The number of rotatable bonds is 4. The number of piperidine rings is 1. The van der Waals surface area contributed by atoms with Crippen LogP contribution in [0.5, 0.6) is 0 Å². The first kappa shape index (κ1) is 16.9. The number of nitrogens with one attached hydrogen (secondary N) is 3. The van der Waals surface area contributed by atoms with Gasteiger partial charge in [0.05, 0.1) is 16.9 Å². The highest BCUT2D eigenvalue weighted by Gasteiger charge is 2.22. The Hall–Kier alpha value is -1.55. The Kier molecular flexibility index (Phi) is 5.25. The average Bonchev–Trinajstić information content (AvgIpc) is 3.33. The van der Waals surface area contributed by atoms with Crippen LogP contribution in [0.25, 0.3) is 0 Å². The van der Waals surface area contributed by atoms with Gasteiger partial charge >= 0.3 is 0 Å². The Morgan fingerprint density at radius 3 is 2.76 bits per heavy atom. The summed E-state index contributed by atoms with van der Waals surface area (Å²) in [5.74, 6) is 0.333. The van der Waals surface area contributed by atoms with E-state index in [9.17, 15) is 4.79 Å². The summed E-state index contributed by atoms with van der Waals surface area (Å²) in [5, 5.41) is 13.7. The van der Waals surface area contributed by atoms with Crippen LogP contribution in [-0.2, 0) is 0 Å². The number of amides is 1. The van der Waals surface area contributed by atoms with E-state index >= 15 is 0 Å². The van der Waals surface area contributed by atoms with Crippen molar-refractivity contribution in [3.05, 3.63) is 22.3 Å². The zero-order valence-corrected chi connectivity index (χ0v) is 15.6. The second-order valence-corrected chi connectivity index (χ2v) is 8.00. The first-order chi connectivity index (χ1) is 12.3. The normalized spacial score (nSPS) is 19.1. The molecule has 134 valence electrons. The number of carbonyl (C=O) groups is 1. The summed E-state index contributed by atoms with van der Waals surface area (Å²) >= 11 is 3.03. The van der Waals surface area contributed by atoms with Crippen molar-refractivity contribution in [1.29, 1.82) is 0 Å². The number of carbonyl (C=O) groups excluding carboxylic acids is 1. The van der Waals surface area contributed by atoms with Crippen molar-refractivity contribution < 1.29 is 4.79 Å². The van der Waals surface area contributed by atoms with Crippen LogP contribution in [0, 0.1) is 0 Å². The fraction of sp³-hybridized carbons (Fsp3) is 0.562. The van der Waals surface area contributed by atoms with Crippen molar-refractivity contribution in [3.8, 4) is 0 Å². The van der Waals surface area contributed by atoms with Gasteiger partial charge in [0.15, 0.2) is 0 Å². The van der Waals surface area contributed by atoms with Crippen molar-refractivity contribution in [2.45, 2.75) is 18.8 Å². The molecule has 1 amide bonds. The highest BCUT2D eigenvalue weighted by atomic mass is 32.1. The van der Waals surface area contributed by atoms with Gasteiger partial charge in [0.2, 0.25) is 0 Å². The van der Waals surface area contributed by atoms with Gasteiger partial charge in [0, 0.05) is 37.5 Å². The number of aromatic nitrogens is 2. The van der Waals surface area contributed by atoms with Gasteiger partial charge in [-0.25, -0.2) is 4.98 Å². The molecule has 9 heteroatoms. The molecule has 0 saturated carbocycles. The van der Waals surface area contributed by atoms with Crippen LogP contribution in [0.4, 0.5) is 10.7 Å². The van der Waals surface area contributed by atoms with Gasteiger partial charge in [0.1, 0.15) is 10.7 Å². The zero-order chi connectivity index (χ0) is 17.1. The van der Waals surface area contributed by atoms with Crippen LogP contribution < -0.4 is 20.9 Å². The van der Waals surface area contributed by atoms with E-state index in [1.807, 2.05) is 5.38 Å². The minimum absolute atomic E-state index is 0.145. The van der Waals surface area contributed by atoms with Crippen molar-refractivity contribution in [2.75, 3.05) is 49.5 Å². The molecule has 2 saturated heterocycles. The Labute approximate surface area is 155 Å². The number of hydrogen-bond acceptors (Lipinski definition) is 8. The molecular weight excluding hydrogens is 356 g/mol. The molecule has 2 aliphatic rings. The molecule has 2 aliphatic heterocycles. The van der Waals surface area contributed by atoms with E-state index in [4.69, 9.17) is 0 Å². The van der Waals surface area contributed by atoms with E-state index in [1.165, 1.54) is 11.5 Å². The lowest BCUT2D eigenvalue weighted by atomic mass is 9.99. The fourth-order valence-electron chi connectivity index (χ4n) is 3.25. The smallest absolute Gasteiger partial charge is 0.275 e. The van der Waals surface area contributed by atoms with Crippen LogP contribution in [-0.4, -0.2) is 54.5 Å². The molecule has 4 rings (SSSR count). The van der Waals surface area contributed by atoms with Crippen LogP contribution >= 0.6 is 22.9 Å². The molecule has 2 fully saturated rings.